The Labute approximate surface area is 129 Å². The second kappa shape index (κ2) is 6.04. The standard InChI is InChI=1S/C16H23BrN2O/c1-18-7-2-3-12-10-19(8-6-15(12)18)16-5-4-14(17)9-13(16)11-20/h4-5,9,12,15,20H,2-3,6-8,10-11H2,1H3. The van der Waals surface area contributed by atoms with E-state index in [1.807, 2.05) is 6.07 Å². The summed E-state index contributed by atoms with van der Waals surface area (Å²) >= 11 is 3.49. The maximum Gasteiger partial charge on any atom is 0.0702 e. The highest BCUT2D eigenvalue weighted by atomic mass is 79.9. The molecular weight excluding hydrogens is 316 g/mol. The van der Waals surface area contributed by atoms with E-state index in [1.54, 1.807) is 0 Å². The number of hydrogen-bond acceptors (Lipinski definition) is 3. The predicted molar refractivity (Wildman–Crippen MR) is 86.0 cm³/mol. The SMILES string of the molecule is CN1CCCC2CN(c3ccc(Br)cc3CO)CCC21. The first-order chi connectivity index (χ1) is 9.69. The molecule has 20 heavy (non-hydrogen) atoms. The smallest absolute Gasteiger partial charge is 0.0702 e. The number of likely N-dealkylation sites (tertiary alicyclic amines) is 1. The first kappa shape index (κ1) is 14.4. The summed E-state index contributed by atoms with van der Waals surface area (Å²) in [6.45, 7) is 3.59. The van der Waals surface area contributed by atoms with Crippen LogP contribution in [0.1, 0.15) is 24.8 Å². The van der Waals surface area contributed by atoms with E-state index in [9.17, 15) is 5.11 Å². The van der Waals surface area contributed by atoms with Crippen LogP contribution in [0.25, 0.3) is 0 Å². The number of aliphatic hydroxyl groups is 1. The normalized spacial score (nSPS) is 27.4. The lowest BCUT2D eigenvalue weighted by atomic mass is 9.84. The second-order valence-electron chi connectivity index (χ2n) is 6.12. The Kier molecular flexibility index (Phi) is 4.34. The highest BCUT2D eigenvalue weighted by molar-refractivity contribution is 9.10. The fourth-order valence-corrected chi connectivity index (χ4v) is 4.27. The van der Waals surface area contributed by atoms with Gasteiger partial charge in [-0.05, 0) is 57.0 Å². The van der Waals surface area contributed by atoms with E-state index in [2.05, 4.69) is 44.9 Å². The zero-order valence-electron chi connectivity index (χ0n) is 12.1. The third-order valence-electron chi connectivity index (χ3n) is 4.90. The van der Waals surface area contributed by atoms with E-state index in [0.29, 0.717) is 0 Å². The fourth-order valence-electron chi connectivity index (χ4n) is 3.86. The molecule has 1 N–H and O–H groups in total. The number of fused-ring (bicyclic) bond motifs is 1. The van der Waals surface area contributed by atoms with Crippen molar-refractivity contribution in [2.24, 2.45) is 5.92 Å². The zero-order valence-corrected chi connectivity index (χ0v) is 13.6. The molecule has 4 heteroatoms. The molecule has 0 saturated carbocycles. The highest BCUT2D eigenvalue weighted by Gasteiger charge is 2.34. The summed E-state index contributed by atoms with van der Waals surface area (Å²) in [5, 5.41) is 9.59. The zero-order chi connectivity index (χ0) is 14.1. The van der Waals surface area contributed by atoms with Crippen molar-refractivity contribution < 1.29 is 5.11 Å². The first-order valence-electron chi connectivity index (χ1n) is 7.53. The van der Waals surface area contributed by atoms with Gasteiger partial charge >= 0.3 is 0 Å². The fraction of sp³-hybridized carbons (Fsp3) is 0.625. The molecule has 3 nitrogen and oxygen atoms in total. The van der Waals surface area contributed by atoms with Crippen LogP contribution < -0.4 is 4.90 Å². The van der Waals surface area contributed by atoms with Gasteiger partial charge in [0, 0.05) is 34.9 Å². The van der Waals surface area contributed by atoms with Gasteiger partial charge < -0.3 is 14.9 Å². The molecule has 2 heterocycles. The third kappa shape index (κ3) is 2.74. The number of aliphatic hydroxyl groups excluding tert-OH is 1. The molecule has 2 fully saturated rings. The van der Waals surface area contributed by atoms with Crippen molar-refractivity contribution in [1.82, 2.24) is 4.90 Å². The minimum absolute atomic E-state index is 0.110. The second-order valence-corrected chi connectivity index (χ2v) is 7.03. The van der Waals surface area contributed by atoms with E-state index in [1.165, 1.54) is 31.5 Å². The Morgan fingerprint density at radius 3 is 2.95 bits per heavy atom. The summed E-state index contributed by atoms with van der Waals surface area (Å²) in [4.78, 5) is 5.01. The van der Waals surface area contributed by atoms with Crippen molar-refractivity contribution in [3.63, 3.8) is 0 Å². The summed E-state index contributed by atoms with van der Waals surface area (Å²) in [7, 11) is 2.27. The van der Waals surface area contributed by atoms with E-state index >= 15 is 0 Å². The van der Waals surface area contributed by atoms with E-state index in [-0.39, 0.29) is 6.61 Å². The molecule has 2 unspecified atom stereocenters. The molecule has 3 rings (SSSR count). The number of nitrogens with zero attached hydrogens (tertiary/aromatic N) is 2. The summed E-state index contributed by atoms with van der Waals surface area (Å²) in [5.74, 6) is 0.776. The number of rotatable bonds is 2. The van der Waals surface area contributed by atoms with Gasteiger partial charge in [-0.15, -0.1) is 0 Å². The first-order valence-corrected chi connectivity index (χ1v) is 8.33. The Balaban J connectivity index is 1.79. The van der Waals surface area contributed by atoms with Crippen LogP contribution in [-0.4, -0.2) is 42.7 Å². The molecular formula is C16H23BrN2O. The Morgan fingerprint density at radius 2 is 2.15 bits per heavy atom. The van der Waals surface area contributed by atoms with Crippen molar-refractivity contribution in [3.8, 4) is 0 Å². The van der Waals surface area contributed by atoms with Gasteiger partial charge in [0.15, 0.2) is 0 Å². The average Bonchev–Trinajstić information content (AvgIpc) is 2.47. The molecule has 1 aromatic carbocycles. The molecule has 0 aromatic heterocycles. The van der Waals surface area contributed by atoms with Gasteiger partial charge in [-0.1, -0.05) is 15.9 Å². The number of piperidine rings is 2. The van der Waals surface area contributed by atoms with Gasteiger partial charge in [-0.25, -0.2) is 0 Å². The van der Waals surface area contributed by atoms with Gasteiger partial charge in [0.05, 0.1) is 6.61 Å². The molecule has 0 radical (unpaired) electrons. The molecule has 1 aromatic rings. The Morgan fingerprint density at radius 1 is 1.30 bits per heavy atom. The predicted octanol–water partition coefficient (Wildman–Crippen LogP) is 2.86. The van der Waals surface area contributed by atoms with Gasteiger partial charge in [-0.2, -0.15) is 0 Å². The molecule has 0 bridgehead atoms. The average molecular weight is 339 g/mol. The van der Waals surface area contributed by atoms with Crippen LogP contribution in [0.2, 0.25) is 0 Å². The molecule has 2 atom stereocenters. The van der Waals surface area contributed by atoms with Gasteiger partial charge in [0.25, 0.3) is 0 Å². The van der Waals surface area contributed by atoms with Crippen molar-refractivity contribution in [1.29, 1.82) is 0 Å². The van der Waals surface area contributed by atoms with Crippen molar-refractivity contribution in [3.05, 3.63) is 28.2 Å². The van der Waals surface area contributed by atoms with Crippen LogP contribution in [-0.2, 0) is 6.61 Å². The lowest BCUT2D eigenvalue weighted by Gasteiger charge is -2.47. The van der Waals surface area contributed by atoms with Crippen LogP contribution in [0.5, 0.6) is 0 Å². The summed E-state index contributed by atoms with van der Waals surface area (Å²) in [6.07, 6.45) is 3.90. The summed E-state index contributed by atoms with van der Waals surface area (Å²) in [6, 6.07) is 7.01. The van der Waals surface area contributed by atoms with Crippen LogP contribution in [0.15, 0.2) is 22.7 Å². The topological polar surface area (TPSA) is 26.7 Å². The molecule has 2 saturated heterocycles. The number of anilines is 1. The van der Waals surface area contributed by atoms with Crippen LogP contribution in [0, 0.1) is 5.92 Å². The minimum Gasteiger partial charge on any atom is -0.392 e. The van der Waals surface area contributed by atoms with Crippen LogP contribution >= 0.6 is 15.9 Å². The summed E-state index contributed by atoms with van der Waals surface area (Å²) < 4.78 is 1.04. The van der Waals surface area contributed by atoms with Crippen molar-refractivity contribution >= 4 is 21.6 Å². The van der Waals surface area contributed by atoms with Crippen molar-refractivity contribution in [2.45, 2.75) is 31.9 Å². The van der Waals surface area contributed by atoms with Gasteiger partial charge in [-0.3, -0.25) is 0 Å². The molecule has 0 spiro atoms. The highest BCUT2D eigenvalue weighted by Crippen LogP contribution is 2.34. The number of benzene rings is 1. The summed E-state index contributed by atoms with van der Waals surface area (Å²) in [5.41, 5.74) is 2.24. The lowest BCUT2D eigenvalue weighted by Crippen LogP contribution is -2.52. The third-order valence-corrected chi connectivity index (χ3v) is 5.39. The van der Waals surface area contributed by atoms with E-state index < -0.39 is 0 Å². The maximum absolute atomic E-state index is 9.59. The number of hydrogen-bond donors (Lipinski definition) is 1. The molecule has 2 aliphatic heterocycles. The largest absolute Gasteiger partial charge is 0.392 e. The van der Waals surface area contributed by atoms with Crippen LogP contribution in [0.4, 0.5) is 5.69 Å². The minimum atomic E-state index is 0.110. The monoisotopic (exact) mass is 338 g/mol. The molecule has 0 amide bonds. The Hall–Kier alpha value is -0.580. The van der Waals surface area contributed by atoms with Crippen LogP contribution in [0.3, 0.4) is 0 Å². The van der Waals surface area contributed by atoms with Gasteiger partial charge in [0.2, 0.25) is 0 Å². The van der Waals surface area contributed by atoms with E-state index in [4.69, 9.17) is 0 Å². The molecule has 2 aliphatic rings. The molecule has 110 valence electrons. The quantitative estimate of drug-likeness (QED) is 0.898. The van der Waals surface area contributed by atoms with E-state index in [0.717, 1.165) is 35.1 Å². The number of halogens is 1. The van der Waals surface area contributed by atoms with Crippen molar-refractivity contribution in [2.75, 3.05) is 31.6 Å². The lowest BCUT2D eigenvalue weighted by molar-refractivity contribution is 0.102. The Bertz CT molecular complexity index is 480. The molecule has 0 aliphatic carbocycles. The van der Waals surface area contributed by atoms with Gasteiger partial charge in [0.1, 0.15) is 0 Å². The maximum atomic E-state index is 9.59.